The van der Waals surface area contributed by atoms with Gasteiger partial charge in [-0.25, -0.2) is 14.4 Å². The third-order valence-electron chi connectivity index (χ3n) is 6.89. The summed E-state index contributed by atoms with van der Waals surface area (Å²) in [6.45, 7) is 7.26. The summed E-state index contributed by atoms with van der Waals surface area (Å²) in [5.41, 5.74) is 1.46. The van der Waals surface area contributed by atoms with E-state index in [4.69, 9.17) is 21.6 Å². The Morgan fingerprint density at radius 1 is 1.11 bits per heavy atom. The fourth-order valence-electron chi connectivity index (χ4n) is 4.73. The highest BCUT2D eigenvalue weighted by molar-refractivity contribution is 6.31. The summed E-state index contributed by atoms with van der Waals surface area (Å²) in [4.78, 5) is 29.0. The molecule has 184 valence electrons. The van der Waals surface area contributed by atoms with Gasteiger partial charge in [0.05, 0.1) is 11.2 Å². The quantitative estimate of drug-likeness (QED) is 0.448. The number of hydrogen-bond donors (Lipinski definition) is 0. The normalized spacial score (nSPS) is 16.3. The Morgan fingerprint density at radius 2 is 1.86 bits per heavy atom. The van der Waals surface area contributed by atoms with Gasteiger partial charge >= 0.3 is 0 Å². The minimum absolute atomic E-state index is 0.118. The molecule has 0 bridgehead atoms. The minimum atomic E-state index is -0.219. The summed E-state index contributed by atoms with van der Waals surface area (Å²) in [6.07, 6.45) is 2.63. The SMILES string of the molecule is CC(C)N(CCC(=O)N1CCN(c2ccccc2F)CC1)c1nc(C2CC2)nc2cc(Cl)ccc12. The molecule has 2 heterocycles. The number of amides is 1. The van der Waals surface area contributed by atoms with Gasteiger partial charge in [-0.15, -0.1) is 0 Å². The monoisotopic (exact) mass is 495 g/mol. The molecule has 1 saturated heterocycles. The smallest absolute Gasteiger partial charge is 0.224 e. The lowest BCUT2D eigenvalue weighted by Crippen LogP contribution is -2.49. The van der Waals surface area contributed by atoms with Crippen molar-refractivity contribution in [1.29, 1.82) is 0 Å². The second-order valence-electron chi connectivity index (χ2n) is 9.70. The Balaban J connectivity index is 1.28. The molecule has 0 N–H and O–H groups in total. The average molecular weight is 496 g/mol. The number of piperazine rings is 1. The van der Waals surface area contributed by atoms with Crippen molar-refractivity contribution >= 4 is 39.9 Å². The molecule has 8 heteroatoms. The molecule has 1 amide bonds. The molecular weight excluding hydrogens is 465 g/mol. The van der Waals surface area contributed by atoms with Gasteiger partial charge in [-0.2, -0.15) is 0 Å². The first-order chi connectivity index (χ1) is 16.9. The Bertz CT molecular complexity index is 1220. The summed E-state index contributed by atoms with van der Waals surface area (Å²) in [7, 11) is 0. The van der Waals surface area contributed by atoms with Crippen LogP contribution < -0.4 is 9.80 Å². The summed E-state index contributed by atoms with van der Waals surface area (Å²) >= 11 is 6.26. The number of benzene rings is 2. The van der Waals surface area contributed by atoms with Gasteiger partial charge in [0.25, 0.3) is 0 Å². The molecule has 1 aliphatic heterocycles. The lowest BCUT2D eigenvalue weighted by molar-refractivity contribution is -0.131. The van der Waals surface area contributed by atoms with Crippen LogP contribution in [0.2, 0.25) is 5.02 Å². The number of halogens is 2. The fourth-order valence-corrected chi connectivity index (χ4v) is 4.90. The van der Waals surface area contributed by atoms with E-state index in [0.29, 0.717) is 55.8 Å². The highest BCUT2D eigenvalue weighted by atomic mass is 35.5. The molecule has 1 saturated carbocycles. The van der Waals surface area contributed by atoms with Crippen molar-refractivity contribution in [2.45, 2.75) is 45.1 Å². The predicted octanol–water partition coefficient (Wildman–Crippen LogP) is 5.25. The van der Waals surface area contributed by atoms with Crippen molar-refractivity contribution < 1.29 is 9.18 Å². The van der Waals surface area contributed by atoms with Crippen LogP contribution in [-0.4, -0.2) is 59.5 Å². The predicted molar refractivity (Wildman–Crippen MR) is 139 cm³/mol. The lowest BCUT2D eigenvalue weighted by Gasteiger charge is -2.37. The molecule has 0 atom stereocenters. The highest BCUT2D eigenvalue weighted by Gasteiger charge is 2.29. The van der Waals surface area contributed by atoms with E-state index in [-0.39, 0.29) is 17.8 Å². The number of fused-ring (bicyclic) bond motifs is 1. The van der Waals surface area contributed by atoms with E-state index in [2.05, 4.69) is 18.7 Å². The van der Waals surface area contributed by atoms with Gasteiger partial charge < -0.3 is 14.7 Å². The lowest BCUT2D eigenvalue weighted by atomic mass is 10.1. The van der Waals surface area contributed by atoms with E-state index >= 15 is 0 Å². The number of carbonyl (C=O) groups is 1. The van der Waals surface area contributed by atoms with Crippen molar-refractivity contribution in [3.05, 3.63) is 59.1 Å². The van der Waals surface area contributed by atoms with E-state index in [0.717, 1.165) is 35.4 Å². The van der Waals surface area contributed by atoms with Crippen LogP contribution in [0.25, 0.3) is 10.9 Å². The number of carbonyl (C=O) groups excluding carboxylic acids is 1. The summed E-state index contributed by atoms with van der Waals surface area (Å²) in [5, 5.41) is 1.61. The van der Waals surface area contributed by atoms with Gasteiger partial charge in [0.1, 0.15) is 17.5 Å². The second-order valence-corrected chi connectivity index (χ2v) is 10.1. The van der Waals surface area contributed by atoms with Crippen molar-refractivity contribution in [3.63, 3.8) is 0 Å². The van der Waals surface area contributed by atoms with Crippen molar-refractivity contribution in [2.75, 3.05) is 42.5 Å². The van der Waals surface area contributed by atoms with Crippen LogP contribution in [0.3, 0.4) is 0 Å². The first kappa shape index (κ1) is 23.8. The molecule has 0 radical (unpaired) electrons. The number of hydrogen-bond acceptors (Lipinski definition) is 5. The molecular formula is C27H31ClFN5O. The van der Waals surface area contributed by atoms with Crippen molar-refractivity contribution in [1.82, 2.24) is 14.9 Å². The van der Waals surface area contributed by atoms with E-state index in [1.165, 1.54) is 6.07 Å². The Hall–Kier alpha value is -2.93. The fraction of sp³-hybridized carbons (Fsp3) is 0.444. The van der Waals surface area contributed by atoms with Crippen LogP contribution in [0.1, 0.15) is 44.9 Å². The zero-order valence-corrected chi connectivity index (χ0v) is 21.0. The third kappa shape index (κ3) is 5.20. The second kappa shape index (κ2) is 9.97. The van der Waals surface area contributed by atoms with Gasteiger partial charge in [-0.3, -0.25) is 4.79 Å². The number of nitrogens with zero attached hydrogens (tertiary/aromatic N) is 5. The average Bonchev–Trinajstić information content (AvgIpc) is 3.69. The minimum Gasteiger partial charge on any atom is -0.366 e. The van der Waals surface area contributed by atoms with E-state index in [9.17, 15) is 9.18 Å². The van der Waals surface area contributed by atoms with Gasteiger partial charge in [-0.05, 0) is 57.0 Å². The molecule has 35 heavy (non-hydrogen) atoms. The van der Waals surface area contributed by atoms with E-state index in [1.54, 1.807) is 12.1 Å². The van der Waals surface area contributed by atoms with Crippen LogP contribution in [-0.2, 0) is 4.79 Å². The third-order valence-corrected chi connectivity index (χ3v) is 7.12. The number of aromatic nitrogens is 2. The Kier molecular flexibility index (Phi) is 6.78. The van der Waals surface area contributed by atoms with E-state index in [1.807, 2.05) is 34.1 Å². The molecule has 1 aliphatic carbocycles. The van der Waals surface area contributed by atoms with Crippen LogP contribution in [0, 0.1) is 5.82 Å². The van der Waals surface area contributed by atoms with Crippen LogP contribution in [0.4, 0.5) is 15.9 Å². The summed E-state index contributed by atoms with van der Waals surface area (Å²) in [5.74, 6) is 2.06. The van der Waals surface area contributed by atoms with Gasteiger partial charge in [0, 0.05) is 61.5 Å². The molecule has 2 aliphatic rings. The maximum Gasteiger partial charge on any atom is 0.224 e. The summed E-state index contributed by atoms with van der Waals surface area (Å²) < 4.78 is 14.1. The topological polar surface area (TPSA) is 52.6 Å². The van der Waals surface area contributed by atoms with Crippen LogP contribution >= 0.6 is 11.6 Å². The molecule has 6 nitrogen and oxygen atoms in total. The zero-order chi connectivity index (χ0) is 24.5. The zero-order valence-electron chi connectivity index (χ0n) is 20.3. The standard InChI is InChI=1S/C27H31ClFN5O/c1-18(2)34(27-21-10-9-20(28)17-23(21)30-26(31-27)19-7-8-19)12-11-25(35)33-15-13-32(14-16-33)24-6-4-3-5-22(24)29/h3-6,9-10,17-19H,7-8,11-16H2,1-2H3. The van der Waals surface area contributed by atoms with E-state index < -0.39 is 0 Å². The largest absolute Gasteiger partial charge is 0.366 e. The first-order valence-electron chi connectivity index (χ1n) is 12.4. The summed E-state index contributed by atoms with van der Waals surface area (Å²) in [6, 6.07) is 12.7. The number of anilines is 2. The molecule has 0 unspecified atom stereocenters. The molecule has 0 spiro atoms. The molecule has 5 rings (SSSR count). The number of rotatable bonds is 7. The number of para-hydroxylation sites is 1. The van der Waals surface area contributed by atoms with Crippen LogP contribution in [0.5, 0.6) is 0 Å². The van der Waals surface area contributed by atoms with Gasteiger partial charge in [0.2, 0.25) is 5.91 Å². The first-order valence-corrected chi connectivity index (χ1v) is 12.8. The van der Waals surface area contributed by atoms with Crippen molar-refractivity contribution in [3.8, 4) is 0 Å². The molecule has 1 aromatic heterocycles. The molecule has 2 aromatic carbocycles. The molecule has 2 fully saturated rings. The molecule has 3 aromatic rings. The van der Waals surface area contributed by atoms with Gasteiger partial charge in [0.15, 0.2) is 0 Å². The van der Waals surface area contributed by atoms with Crippen LogP contribution in [0.15, 0.2) is 42.5 Å². The van der Waals surface area contributed by atoms with Crippen molar-refractivity contribution in [2.24, 2.45) is 0 Å². The maximum absolute atomic E-state index is 14.1. The van der Waals surface area contributed by atoms with Gasteiger partial charge in [-0.1, -0.05) is 23.7 Å². The highest BCUT2D eigenvalue weighted by Crippen LogP contribution is 2.40. The Morgan fingerprint density at radius 3 is 2.54 bits per heavy atom. The Labute approximate surface area is 210 Å². The maximum atomic E-state index is 14.1.